The summed E-state index contributed by atoms with van der Waals surface area (Å²) < 4.78 is 0. The van der Waals surface area contributed by atoms with Gasteiger partial charge in [0.1, 0.15) is 11.5 Å². The first-order chi connectivity index (χ1) is 13.5. The number of nitro benzene ring substituents is 1. The fourth-order valence-electron chi connectivity index (χ4n) is 2.47. The summed E-state index contributed by atoms with van der Waals surface area (Å²) in [5.74, 6) is 0.842. The van der Waals surface area contributed by atoms with Crippen molar-refractivity contribution in [2.45, 2.75) is 26.3 Å². The molecule has 0 aliphatic carbocycles. The Labute approximate surface area is 167 Å². The Kier molecular flexibility index (Phi) is 6.00. The van der Waals surface area contributed by atoms with Gasteiger partial charge in [-0.3, -0.25) is 15.1 Å². The van der Waals surface area contributed by atoms with Crippen LogP contribution >= 0.6 is 11.6 Å². The largest absolute Gasteiger partial charge is 0.352 e. The highest BCUT2D eigenvalue weighted by atomic mass is 35.5. The molecule has 0 saturated heterocycles. The molecule has 1 aromatic carbocycles. The minimum absolute atomic E-state index is 0.0927. The highest BCUT2D eigenvalue weighted by Crippen LogP contribution is 2.31. The molecule has 0 bridgehead atoms. The first kappa shape index (κ1) is 19.5. The zero-order valence-electron chi connectivity index (χ0n) is 15.4. The van der Waals surface area contributed by atoms with Crippen molar-refractivity contribution in [3.63, 3.8) is 0 Å². The van der Waals surface area contributed by atoms with Gasteiger partial charge in [0.15, 0.2) is 0 Å². The lowest BCUT2D eigenvalue weighted by molar-refractivity contribution is -0.383. The molecular formula is C19H19ClN6O2. The van der Waals surface area contributed by atoms with Crippen molar-refractivity contribution in [3.8, 4) is 11.3 Å². The van der Waals surface area contributed by atoms with E-state index >= 15 is 0 Å². The number of rotatable bonds is 7. The molecule has 8 nitrogen and oxygen atoms in total. The average Bonchev–Trinajstić information content (AvgIpc) is 2.68. The van der Waals surface area contributed by atoms with Gasteiger partial charge in [-0.15, -0.1) is 0 Å². The second-order valence-corrected chi connectivity index (χ2v) is 6.63. The number of halogens is 1. The highest BCUT2D eigenvalue weighted by Gasteiger charge is 2.16. The lowest BCUT2D eigenvalue weighted by Gasteiger charge is -2.14. The molecule has 9 heteroatoms. The summed E-state index contributed by atoms with van der Waals surface area (Å²) in [5.41, 5.74) is 1.68. The van der Waals surface area contributed by atoms with Crippen LogP contribution in [0.15, 0.2) is 48.8 Å². The highest BCUT2D eigenvalue weighted by molar-refractivity contribution is 6.31. The molecule has 144 valence electrons. The number of pyridine rings is 1. The normalized spacial score (nSPS) is 11.7. The van der Waals surface area contributed by atoms with E-state index in [4.69, 9.17) is 11.6 Å². The van der Waals surface area contributed by atoms with Crippen molar-refractivity contribution in [2.75, 3.05) is 10.6 Å². The van der Waals surface area contributed by atoms with Gasteiger partial charge in [-0.1, -0.05) is 18.5 Å². The maximum Gasteiger partial charge on any atom is 0.292 e. The van der Waals surface area contributed by atoms with E-state index in [0.29, 0.717) is 22.5 Å². The third kappa shape index (κ3) is 4.72. The van der Waals surface area contributed by atoms with Gasteiger partial charge in [0.25, 0.3) is 5.69 Å². The molecule has 3 aromatic rings. The Bertz CT molecular complexity index is 983. The van der Waals surface area contributed by atoms with Crippen molar-refractivity contribution in [1.82, 2.24) is 15.0 Å². The van der Waals surface area contributed by atoms with Crippen LogP contribution in [0.5, 0.6) is 0 Å². The van der Waals surface area contributed by atoms with Crippen LogP contribution in [-0.2, 0) is 0 Å². The van der Waals surface area contributed by atoms with Crippen molar-refractivity contribution in [1.29, 1.82) is 0 Å². The van der Waals surface area contributed by atoms with E-state index in [-0.39, 0.29) is 17.4 Å². The number of nitrogens with zero attached hydrogens (tertiary/aromatic N) is 4. The summed E-state index contributed by atoms with van der Waals surface area (Å²) in [7, 11) is 0. The van der Waals surface area contributed by atoms with Crippen LogP contribution in [0, 0.1) is 10.1 Å². The zero-order valence-corrected chi connectivity index (χ0v) is 16.1. The standard InChI is InChI=1S/C19H19ClN6O2/c1-3-12(2)22-19-24-15(13-6-8-21-9-7-13)11-18(25-19)23-16-10-14(20)4-5-17(16)26(27)28/h4-12H,3H2,1-2H3,(H2,22,23,24,25)/t12-/m1/s1. The Morgan fingerprint density at radius 3 is 2.61 bits per heavy atom. The number of benzene rings is 1. The zero-order chi connectivity index (χ0) is 20.1. The van der Waals surface area contributed by atoms with Crippen LogP contribution in [0.25, 0.3) is 11.3 Å². The summed E-state index contributed by atoms with van der Waals surface area (Å²) >= 11 is 6.02. The lowest BCUT2D eigenvalue weighted by atomic mass is 10.2. The first-order valence-electron chi connectivity index (χ1n) is 8.73. The van der Waals surface area contributed by atoms with E-state index in [0.717, 1.165) is 12.0 Å². The molecule has 0 saturated carbocycles. The van der Waals surface area contributed by atoms with Crippen molar-refractivity contribution in [3.05, 3.63) is 63.9 Å². The Morgan fingerprint density at radius 2 is 1.93 bits per heavy atom. The van der Waals surface area contributed by atoms with Gasteiger partial charge >= 0.3 is 0 Å². The second-order valence-electron chi connectivity index (χ2n) is 6.20. The SMILES string of the molecule is CC[C@@H](C)Nc1nc(Nc2cc(Cl)ccc2[N+](=O)[O-])cc(-c2ccncc2)n1. The van der Waals surface area contributed by atoms with E-state index in [2.05, 4.69) is 32.5 Å². The number of anilines is 3. The summed E-state index contributed by atoms with van der Waals surface area (Å²) in [6.45, 7) is 4.08. The maximum atomic E-state index is 11.3. The molecule has 0 amide bonds. The van der Waals surface area contributed by atoms with Crippen molar-refractivity contribution in [2.24, 2.45) is 0 Å². The minimum Gasteiger partial charge on any atom is -0.352 e. The van der Waals surface area contributed by atoms with E-state index < -0.39 is 4.92 Å². The molecule has 0 aliphatic rings. The second kappa shape index (κ2) is 8.62. The first-order valence-corrected chi connectivity index (χ1v) is 9.11. The van der Waals surface area contributed by atoms with Gasteiger partial charge in [-0.05, 0) is 37.6 Å². The molecule has 28 heavy (non-hydrogen) atoms. The number of nitrogens with one attached hydrogen (secondary N) is 2. The fraction of sp³-hybridized carbons (Fsp3) is 0.211. The number of hydrogen-bond acceptors (Lipinski definition) is 7. The maximum absolute atomic E-state index is 11.3. The van der Waals surface area contributed by atoms with Crippen molar-refractivity contribution < 1.29 is 4.92 Å². The summed E-state index contributed by atoms with van der Waals surface area (Å²) in [6, 6.07) is 9.89. The van der Waals surface area contributed by atoms with E-state index in [1.807, 2.05) is 19.1 Å². The predicted molar refractivity (Wildman–Crippen MR) is 110 cm³/mol. The minimum atomic E-state index is -0.470. The van der Waals surface area contributed by atoms with Gasteiger partial charge in [-0.2, -0.15) is 4.98 Å². The Balaban J connectivity index is 2.04. The van der Waals surface area contributed by atoms with Crippen LogP contribution in [0.3, 0.4) is 0 Å². The molecule has 0 unspecified atom stereocenters. The molecule has 2 heterocycles. The summed E-state index contributed by atoms with van der Waals surface area (Å²) in [4.78, 5) is 23.9. The summed E-state index contributed by atoms with van der Waals surface area (Å²) in [6.07, 6.45) is 4.24. The lowest BCUT2D eigenvalue weighted by Crippen LogP contribution is -2.16. The smallest absolute Gasteiger partial charge is 0.292 e. The molecule has 0 radical (unpaired) electrons. The van der Waals surface area contributed by atoms with Gasteiger partial charge in [0.05, 0.1) is 10.6 Å². The fourth-order valence-corrected chi connectivity index (χ4v) is 2.65. The molecule has 0 aliphatic heterocycles. The van der Waals surface area contributed by atoms with Crippen LogP contribution in [0.1, 0.15) is 20.3 Å². The van der Waals surface area contributed by atoms with Crippen molar-refractivity contribution >= 4 is 34.7 Å². The van der Waals surface area contributed by atoms with Gasteiger partial charge < -0.3 is 10.6 Å². The topological polar surface area (TPSA) is 106 Å². The van der Waals surface area contributed by atoms with Crippen LogP contribution in [-0.4, -0.2) is 25.9 Å². The van der Waals surface area contributed by atoms with Crippen LogP contribution in [0.2, 0.25) is 5.02 Å². The molecule has 2 aromatic heterocycles. The molecule has 1 atom stereocenters. The van der Waals surface area contributed by atoms with E-state index in [1.54, 1.807) is 18.5 Å². The molecule has 0 fully saturated rings. The third-order valence-corrected chi connectivity index (χ3v) is 4.34. The Morgan fingerprint density at radius 1 is 1.18 bits per heavy atom. The van der Waals surface area contributed by atoms with E-state index in [1.165, 1.54) is 18.2 Å². The van der Waals surface area contributed by atoms with E-state index in [9.17, 15) is 10.1 Å². The van der Waals surface area contributed by atoms with Crippen LogP contribution < -0.4 is 10.6 Å². The van der Waals surface area contributed by atoms with Gasteiger partial charge in [0, 0.05) is 41.2 Å². The predicted octanol–water partition coefficient (Wildman–Crippen LogP) is 5.05. The quantitative estimate of drug-likeness (QED) is 0.423. The number of aromatic nitrogens is 3. The molecule has 0 spiro atoms. The molecule has 3 rings (SSSR count). The number of hydrogen-bond donors (Lipinski definition) is 2. The monoisotopic (exact) mass is 398 g/mol. The van der Waals surface area contributed by atoms with Gasteiger partial charge in [0.2, 0.25) is 5.95 Å². The third-order valence-electron chi connectivity index (χ3n) is 4.11. The average molecular weight is 399 g/mol. The van der Waals surface area contributed by atoms with Gasteiger partial charge in [-0.25, -0.2) is 4.98 Å². The number of nitro groups is 1. The molecule has 2 N–H and O–H groups in total. The molecular weight excluding hydrogens is 380 g/mol. The summed E-state index contributed by atoms with van der Waals surface area (Å²) in [5, 5.41) is 18.0. The van der Waals surface area contributed by atoms with Crippen LogP contribution in [0.4, 0.5) is 23.1 Å². The Hall–Kier alpha value is -3.26.